The van der Waals surface area contributed by atoms with E-state index in [-0.39, 0.29) is 17.1 Å². The van der Waals surface area contributed by atoms with Crippen molar-refractivity contribution in [2.45, 2.75) is 19.4 Å². The second kappa shape index (κ2) is 3.52. The Bertz CT molecular complexity index is 423. The third-order valence-electron chi connectivity index (χ3n) is 2.36. The first-order chi connectivity index (χ1) is 7.41. The monoisotopic (exact) mass is 228 g/mol. The molecule has 88 valence electrons. The maximum atomic E-state index is 13.7. The summed E-state index contributed by atoms with van der Waals surface area (Å²) in [5.41, 5.74) is -1.53. The van der Waals surface area contributed by atoms with E-state index < -0.39 is 17.2 Å². The Balaban J connectivity index is 2.69. The van der Waals surface area contributed by atoms with Crippen LogP contribution in [0.25, 0.3) is 0 Å². The number of halogens is 1. The average molecular weight is 228 g/mol. The summed E-state index contributed by atoms with van der Waals surface area (Å²) < 4.78 is 24.3. The van der Waals surface area contributed by atoms with Crippen LogP contribution in [0.15, 0.2) is 6.07 Å². The van der Waals surface area contributed by atoms with E-state index in [1.807, 2.05) is 0 Å². The SMILES string of the molecule is CC(C)(O)c1c(F)c(O)cc2c1OCCO2. The number of phenolic OH excluding ortho intramolecular Hbond substituents is 1. The molecule has 4 nitrogen and oxygen atoms in total. The Morgan fingerprint density at radius 2 is 1.94 bits per heavy atom. The van der Waals surface area contributed by atoms with Gasteiger partial charge in [-0.1, -0.05) is 0 Å². The highest BCUT2D eigenvalue weighted by molar-refractivity contribution is 5.55. The van der Waals surface area contributed by atoms with Gasteiger partial charge < -0.3 is 19.7 Å². The molecule has 0 fully saturated rings. The van der Waals surface area contributed by atoms with E-state index in [1.165, 1.54) is 13.8 Å². The first-order valence-corrected chi connectivity index (χ1v) is 4.95. The predicted octanol–water partition coefficient (Wildman–Crippen LogP) is 1.53. The predicted molar refractivity (Wildman–Crippen MR) is 54.3 cm³/mol. The molecule has 0 bridgehead atoms. The molecule has 0 aromatic heterocycles. The van der Waals surface area contributed by atoms with Crippen LogP contribution < -0.4 is 9.47 Å². The van der Waals surface area contributed by atoms with Crippen molar-refractivity contribution in [3.8, 4) is 17.2 Å². The van der Waals surface area contributed by atoms with E-state index in [2.05, 4.69) is 0 Å². The molecule has 1 aromatic carbocycles. The minimum absolute atomic E-state index is 0.0813. The molecule has 0 saturated heterocycles. The number of benzene rings is 1. The molecule has 2 N–H and O–H groups in total. The van der Waals surface area contributed by atoms with Gasteiger partial charge in [0.25, 0.3) is 0 Å². The Labute approximate surface area is 92.2 Å². The van der Waals surface area contributed by atoms with Gasteiger partial charge in [-0.05, 0) is 13.8 Å². The minimum Gasteiger partial charge on any atom is -0.505 e. The molecule has 0 aliphatic carbocycles. The van der Waals surface area contributed by atoms with Gasteiger partial charge >= 0.3 is 0 Å². The zero-order chi connectivity index (χ0) is 11.9. The van der Waals surface area contributed by atoms with Crippen LogP contribution in [-0.2, 0) is 5.60 Å². The van der Waals surface area contributed by atoms with Gasteiger partial charge in [0.05, 0.1) is 11.2 Å². The van der Waals surface area contributed by atoms with Crippen LogP contribution in [0.1, 0.15) is 19.4 Å². The fraction of sp³-hybridized carbons (Fsp3) is 0.455. The van der Waals surface area contributed by atoms with Crippen LogP contribution in [0.2, 0.25) is 0 Å². The molecule has 0 saturated carbocycles. The van der Waals surface area contributed by atoms with E-state index >= 15 is 0 Å². The quantitative estimate of drug-likeness (QED) is 0.765. The normalized spacial score (nSPS) is 15.0. The Morgan fingerprint density at radius 3 is 2.56 bits per heavy atom. The van der Waals surface area contributed by atoms with Gasteiger partial charge in [-0.2, -0.15) is 0 Å². The van der Waals surface area contributed by atoms with Gasteiger partial charge in [0.15, 0.2) is 23.1 Å². The molecule has 2 rings (SSSR count). The molecular weight excluding hydrogens is 215 g/mol. The summed E-state index contributed by atoms with van der Waals surface area (Å²) in [4.78, 5) is 0. The van der Waals surface area contributed by atoms with Gasteiger partial charge in [-0.25, -0.2) is 4.39 Å². The summed E-state index contributed by atoms with van der Waals surface area (Å²) in [6, 6.07) is 1.15. The van der Waals surface area contributed by atoms with E-state index in [1.54, 1.807) is 0 Å². The van der Waals surface area contributed by atoms with Crippen molar-refractivity contribution in [3.63, 3.8) is 0 Å². The summed E-state index contributed by atoms with van der Waals surface area (Å²) in [6.45, 7) is 3.47. The summed E-state index contributed by atoms with van der Waals surface area (Å²) in [6.07, 6.45) is 0. The van der Waals surface area contributed by atoms with Crippen molar-refractivity contribution >= 4 is 0 Å². The van der Waals surface area contributed by atoms with Gasteiger partial charge in [0.1, 0.15) is 13.2 Å². The number of hydrogen-bond donors (Lipinski definition) is 2. The van der Waals surface area contributed by atoms with Crippen molar-refractivity contribution in [1.82, 2.24) is 0 Å². The fourth-order valence-electron chi connectivity index (χ4n) is 1.70. The smallest absolute Gasteiger partial charge is 0.174 e. The second-order valence-corrected chi connectivity index (χ2v) is 4.17. The zero-order valence-corrected chi connectivity index (χ0v) is 9.08. The molecule has 0 spiro atoms. The molecular formula is C11H13FO4. The van der Waals surface area contributed by atoms with Gasteiger partial charge in [-0.15, -0.1) is 0 Å². The van der Waals surface area contributed by atoms with E-state index in [4.69, 9.17) is 9.47 Å². The summed E-state index contributed by atoms with van der Waals surface area (Å²) >= 11 is 0. The van der Waals surface area contributed by atoms with E-state index in [0.717, 1.165) is 6.07 Å². The topological polar surface area (TPSA) is 58.9 Å². The van der Waals surface area contributed by atoms with Crippen LogP contribution >= 0.6 is 0 Å². The third kappa shape index (κ3) is 1.67. The molecule has 1 aliphatic rings. The molecule has 0 radical (unpaired) electrons. The molecule has 0 unspecified atom stereocenters. The number of aliphatic hydroxyl groups is 1. The van der Waals surface area contributed by atoms with Crippen LogP contribution in [-0.4, -0.2) is 23.4 Å². The van der Waals surface area contributed by atoms with Crippen molar-refractivity contribution in [3.05, 3.63) is 17.4 Å². The van der Waals surface area contributed by atoms with Gasteiger partial charge in [0.2, 0.25) is 0 Å². The first kappa shape index (κ1) is 11.0. The molecule has 0 amide bonds. The maximum Gasteiger partial charge on any atom is 0.174 e. The Hall–Kier alpha value is -1.49. The zero-order valence-electron chi connectivity index (χ0n) is 9.08. The highest BCUT2D eigenvalue weighted by Crippen LogP contribution is 2.44. The fourth-order valence-corrected chi connectivity index (χ4v) is 1.70. The van der Waals surface area contributed by atoms with Crippen molar-refractivity contribution in [1.29, 1.82) is 0 Å². The van der Waals surface area contributed by atoms with E-state index in [9.17, 15) is 14.6 Å². The Kier molecular flexibility index (Phi) is 2.42. The lowest BCUT2D eigenvalue weighted by atomic mass is 9.95. The van der Waals surface area contributed by atoms with Crippen molar-refractivity contribution < 1.29 is 24.1 Å². The summed E-state index contributed by atoms with van der Waals surface area (Å²) in [5.74, 6) is -1.02. The van der Waals surface area contributed by atoms with Crippen molar-refractivity contribution in [2.75, 3.05) is 13.2 Å². The standard InChI is InChI=1S/C11H13FO4/c1-11(2,14)8-9(12)6(13)5-7-10(8)16-4-3-15-7/h5,13-14H,3-4H2,1-2H3. The molecule has 1 aliphatic heterocycles. The van der Waals surface area contributed by atoms with Crippen molar-refractivity contribution in [2.24, 2.45) is 0 Å². The molecule has 1 aromatic rings. The van der Waals surface area contributed by atoms with Gasteiger partial charge in [-0.3, -0.25) is 0 Å². The largest absolute Gasteiger partial charge is 0.505 e. The average Bonchev–Trinajstić information content (AvgIpc) is 2.17. The van der Waals surface area contributed by atoms with Gasteiger partial charge in [0, 0.05) is 6.07 Å². The molecule has 1 heterocycles. The number of fused-ring (bicyclic) bond motifs is 1. The first-order valence-electron chi connectivity index (χ1n) is 4.95. The van der Waals surface area contributed by atoms with Crippen LogP contribution in [0.5, 0.6) is 17.2 Å². The van der Waals surface area contributed by atoms with Crippen LogP contribution in [0.4, 0.5) is 4.39 Å². The van der Waals surface area contributed by atoms with Crippen LogP contribution in [0, 0.1) is 5.82 Å². The lowest BCUT2D eigenvalue weighted by molar-refractivity contribution is 0.0650. The molecule has 0 atom stereocenters. The number of ether oxygens (including phenoxy) is 2. The Morgan fingerprint density at radius 1 is 1.31 bits per heavy atom. The number of aromatic hydroxyl groups is 1. The second-order valence-electron chi connectivity index (χ2n) is 4.17. The highest BCUT2D eigenvalue weighted by Gasteiger charge is 2.32. The summed E-state index contributed by atoms with van der Waals surface area (Å²) in [7, 11) is 0. The summed E-state index contributed by atoms with van der Waals surface area (Å²) in [5, 5.41) is 19.3. The molecule has 16 heavy (non-hydrogen) atoms. The number of hydrogen-bond acceptors (Lipinski definition) is 4. The number of rotatable bonds is 1. The number of phenols is 1. The van der Waals surface area contributed by atoms with Crippen LogP contribution in [0.3, 0.4) is 0 Å². The lowest BCUT2D eigenvalue weighted by Gasteiger charge is -2.27. The van der Waals surface area contributed by atoms with E-state index in [0.29, 0.717) is 13.2 Å². The maximum absolute atomic E-state index is 13.7. The minimum atomic E-state index is -1.45. The molecule has 5 heteroatoms. The highest BCUT2D eigenvalue weighted by atomic mass is 19.1. The third-order valence-corrected chi connectivity index (χ3v) is 2.36. The lowest BCUT2D eigenvalue weighted by Crippen LogP contribution is -2.24.